The van der Waals surface area contributed by atoms with E-state index in [0.717, 1.165) is 59.8 Å². The van der Waals surface area contributed by atoms with Gasteiger partial charge in [-0.15, -0.1) is 12.4 Å². The quantitative estimate of drug-likeness (QED) is 0.113. The molecule has 0 radical (unpaired) electrons. The lowest BCUT2D eigenvalue weighted by molar-refractivity contribution is -0.127. The second-order valence-corrected chi connectivity index (χ2v) is 13.2. The van der Waals surface area contributed by atoms with Gasteiger partial charge in [-0.25, -0.2) is 4.98 Å². The van der Waals surface area contributed by atoms with E-state index in [1.165, 1.54) is 22.3 Å². The first-order valence-corrected chi connectivity index (χ1v) is 17.5. The number of benzene rings is 3. The topological polar surface area (TPSA) is 77.0 Å². The highest BCUT2D eigenvalue weighted by Crippen LogP contribution is 2.30. The highest BCUT2D eigenvalue weighted by molar-refractivity contribution is 5.92. The SMILES string of the molecule is Cc1ccc(OCCc2ccc(CN3CCN(C(=O)C=Cc4cc(C)c(Oc5ccc(OCc6ccncc6)cn5)c(C)c4)CC3)cc2)cc1C.Cl. The van der Waals surface area contributed by atoms with Crippen LogP contribution in [0.2, 0.25) is 0 Å². The summed E-state index contributed by atoms with van der Waals surface area (Å²) >= 11 is 0. The molecule has 3 heterocycles. The lowest BCUT2D eigenvalue weighted by Crippen LogP contribution is -2.47. The fraction of sp³-hybridized carbons (Fsp3) is 0.279. The molecular weight excluding hydrogens is 672 g/mol. The molecule has 1 fully saturated rings. The van der Waals surface area contributed by atoms with E-state index in [4.69, 9.17) is 14.2 Å². The Balaban J connectivity index is 0.00000523. The number of aromatic nitrogens is 2. The predicted molar refractivity (Wildman–Crippen MR) is 208 cm³/mol. The number of rotatable bonds is 13. The Hall–Kier alpha value is -5.18. The first-order valence-electron chi connectivity index (χ1n) is 17.5. The summed E-state index contributed by atoms with van der Waals surface area (Å²) in [5, 5.41) is 0. The number of hydrogen-bond acceptors (Lipinski definition) is 7. The molecule has 0 N–H and O–H groups in total. The van der Waals surface area contributed by atoms with Crippen molar-refractivity contribution in [1.29, 1.82) is 0 Å². The average Bonchev–Trinajstić information content (AvgIpc) is 3.14. The number of carbonyl (C=O) groups excluding carboxylic acids is 1. The van der Waals surface area contributed by atoms with Crippen LogP contribution in [-0.2, 0) is 24.4 Å². The van der Waals surface area contributed by atoms with Crippen LogP contribution in [0.25, 0.3) is 6.08 Å². The molecule has 5 aromatic rings. The molecule has 0 spiro atoms. The number of amides is 1. The van der Waals surface area contributed by atoms with Crippen LogP contribution in [0.15, 0.2) is 104 Å². The molecule has 8 nitrogen and oxygen atoms in total. The van der Waals surface area contributed by atoms with E-state index in [9.17, 15) is 4.79 Å². The first-order chi connectivity index (χ1) is 24.8. The molecule has 1 amide bonds. The summed E-state index contributed by atoms with van der Waals surface area (Å²) < 4.78 is 17.9. The molecule has 0 saturated carbocycles. The van der Waals surface area contributed by atoms with Crippen molar-refractivity contribution >= 4 is 24.4 Å². The zero-order chi connectivity index (χ0) is 35.6. The lowest BCUT2D eigenvalue weighted by Gasteiger charge is -2.34. The molecule has 1 aliphatic rings. The van der Waals surface area contributed by atoms with Crippen molar-refractivity contribution in [2.24, 2.45) is 0 Å². The maximum atomic E-state index is 13.1. The van der Waals surface area contributed by atoms with Crippen LogP contribution >= 0.6 is 12.4 Å². The minimum atomic E-state index is 0. The maximum absolute atomic E-state index is 13.1. The van der Waals surface area contributed by atoms with Crippen LogP contribution in [0.3, 0.4) is 0 Å². The van der Waals surface area contributed by atoms with Crippen LogP contribution < -0.4 is 14.2 Å². The summed E-state index contributed by atoms with van der Waals surface area (Å²) in [6.07, 6.45) is 9.59. The molecule has 6 rings (SSSR count). The smallest absolute Gasteiger partial charge is 0.246 e. The fourth-order valence-electron chi connectivity index (χ4n) is 6.06. The molecule has 9 heteroatoms. The van der Waals surface area contributed by atoms with Gasteiger partial charge >= 0.3 is 0 Å². The number of pyridine rings is 2. The third-order valence-corrected chi connectivity index (χ3v) is 9.22. The van der Waals surface area contributed by atoms with E-state index in [2.05, 4.69) is 65.1 Å². The van der Waals surface area contributed by atoms with Gasteiger partial charge in [0.05, 0.1) is 12.8 Å². The first kappa shape index (κ1) is 38.1. The van der Waals surface area contributed by atoms with Crippen molar-refractivity contribution in [3.8, 4) is 23.1 Å². The zero-order valence-electron chi connectivity index (χ0n) is 30.4. The number of halogens is 1. The molecule has 52 heavy (non-hydrogen) atoms. The van der Waals surface area contributed by atoms with Gasteiger partial charge in [-0.3, -0.25) is 14.7 Å². The molecule has 0 atom stereocenters. The molecule has 270 valence electrons. The van der Waals surface area contributed by atoms with E-state index < -0.39 is 0 Å². The Morgan fingerprint density at radius 3 is 2.10 bits per heavy atom. The normalized spacial score (nSPS) is 13.1. The van der Waals surface area contributed by atoms with Crippen molar-refractivity contribution in [2.75, 3.05) is 32.8 Å². The summed E-state index contributed by atoms with van der Waals surface area (Å²) in [5.41, 5.74) is 9.00. The fourth-order valence-corrected chi connectivity index (χ4v) is 6.06. The Morgan fingerprint density at radius 1 is 0.731 bits per heavy atom. The van der Waals surface area contributed by atoms with Crippen LogP contribution in [0.1, 0.15) is 44.5 Å². The van der Waals surface area contributed by atoms with Crippen molar-refractivity contribution < 1.29 is 19.0 Å². The van der Waals surface area contributed by atoms with Gasteiger partial charge < -0.3 is 19.1 Å². The predicted octanol–water partition coefficient (Wildman–Crippen LogP) is 8.48. The van der Waals surface area contributed by atoms with Crippen molar-refractivity contribution in [1.82, 2.24) is 19.8 Å². The molecule has 2 aromatic heterocycles. The third kappa shape index (κ3) is 10.7. The number of carbonyl (C=O) groups is 1. The molecule has 1 saturated heterocycles. The molecule has 1 aliphatic heterocycles. The summed E-state index contributed by atoms with van der Waals surface area (Å²) in [7, 11) is 0. The number of nitrogens with zero attached hydrogens (tertiary/aromatic N) is 4. The molecule has 3 aromatic carbocycles. The van der Waals surface area contributed by atoms with Gasteiger partial charge in [-0.1, -0.05) is 30.3 Å². The summed E-state index contributed by atoms with van der Waals surface area (Å²) in [6, 6.07) is 26.6. The van der Waals surface area contributed by atoms with Gasteiger partial charge in [0, 0.05) is 63.7 Å². The summed E-state index contributed by atoms with van der Waals surface area (Å²) in [5.74, 6) is 2.87. The summed E-state index contributed by atoms with van der Waals surface area (Å²) in [4.78, 5) is 25.9. The van der Waals surface area contributed by atoms with E-state index in [0.29, 0.717) is 37.9 Å². The lowest BCUT2D eigenvalue weighted by atomic mass is 10.1. The van der Waals surface area contributed by atoms with Crippen LogP contribution in [0, 0.1) is 27.7 Å². The zero-order valence-corrected chi connectivity index (χ0v) is 31.2. The molecule has 0 aliphatic carbocycles. The minimum Gasteiger partial charge on any atom is -0.493 e. The number of hydrogen-bond donors (Lipinski definition) is 0. The standard InChI is InChI=1S/C43H46N4O4.ClH/c1-31-5-11-39(27-32(31)2)49-24-17-35-6-8-36(9-7-35)29-46-20-22-47(23-21-46)42(48)14-10-38-25-33(3)43(34(4)26-38)51-41-13-12-40(28-45-41)50-30-37-15-18-44-19-16-37;/h5-16,18-19,25-28H,17,20-24,29-30H2,1-4H3;1H. The largest absolute Gasteiger partial charge is 0.493 e. The van der Waals surface area contributed by atoms with Crippen LogP contribution in [0.5, 0.6) is 23.1 Å². The second-order valence-electron chi connectivity index (χ2n) is 13.2. The Labute approximate surface area is 313 Å². The minimum absolute atomic E-state index is 0. The monoisotopic (exact) mass is 718 g/mol. The van der Waals surface area contributed by atoms with Gasteiger partial charge in [-0.2, -0.15) is 0 Å². The maximum Gasteiger partial charge on any atom is 0.246 e. The third-order valence-electron chi connectivity index (χ3n) is 9.22. The van der Waals surface area contributed by atoms with E-state index in [-0.39, 0.29) is 18.3 Å². The highest BCUT2D eigenvalue weighted by atomic mass is 35.5. The molecular formula is C43H47ClN4O4. The average molecular weight is 719 g/mol. The van der Waals surface area contributed by atoms with Crippen LogP contribution in [0.4, 0.5) is 0 Å². The van der Waals surface area contributed by atoms with Gasteiger partial charge in [0.15, 0.2) is 0 Å². The van der Waals surface area contributed by atoms with Gasteiger partial charge in [0.1, 0.15) is 23.9 Å². The molecule has 0 bridgehead atoms. The van der Waals surface area contributed by atoms with Crippen molar-refractivity contribution in [3.63, 3.8) is 0 Å². The highest BCUT2D eigenvalue weighted by Gasteiger charge is 2.20. The Kier molecular flexibility index (Phi) is 13.4. The van der Waals surface area contributed by atoms with E-state index >= 15 is 0 Å². The van der Waals surface area contributed by atoms with Gasteiger partial charge in [0.25, 0.3) is 0 Å². The Morgan fingerprint density at radius 2 is 1.42 bits per heavy atom. The van der Waals surface area contributed by atoms with Gasteiger partial charge in [-0.05, 0) is 121 Å². The van der Waals surface area contributed by atoms with Crippen molar-refractivity contribution in [3.05, 3.63) is 148 Å². The number of piperazine rings is 1. The molecule has 0 unspecified atom stereocenters. The second kappa shape index (κ2) is 18.4. The number of ether oxygens (including phenoxy) is 3. The van der Waals surface area contributed by atoms with Crippen molar-refractivity contribution in [2.45, 2.75) is 47.3 Å². The number of aryl methyl sites for hydroxylation is 4. The van der Waals surface area contributed by atoms with E-state index in [1.54, 1.807) is 30.7 Å². The summed E-state index contributed by atoms with van der Waals surface area (Å²) in [6.45, 7) is 13.3. The van der Waals surface area contributed by atoms with Crippen LogP contribution in [-0.4, -0.2) is 58.5 Å². The van der Waals surface area contributed by atoms with E-state index in [1.807, 2.05) is 61.2 Å². The Bertz CT molecular complexity index is 1920. The van der Waals surface area contributed by atoms with Gasteiger partial charge in [0.2, 0.25) is 11.8 Å².